The van der Waals surface area contributed by atoms with Gasteiger partial charge in [-0.1, -0.05) is 17.7 Å². The Labute approximate surface area is 128 Å². The lowest BCUT2D eigenvalue weighted by molar-refractivity contribution is 0.0920. The number of piperidine rings is 1. The number of carbonyl (C=O) groups excluding carboxylic acids is 1. The van der Waals surface area contributed by atoms with Gasteiger partial charge in [0.15, 0.2) is 5.82 Å². The molecule has 2 atom stereocenters. The number of nitrogens with one attached hydrogen (secondary N) is 2. The van der Waals surface area contributed by atoms with E-state index in [1.807, 2.05) is 0 Å². The number of amides is 1. The Morgan fingerprint density at radius 1 is 1.30 bits per heavy atom. The predicted octanol–water partition coefficient (Wildman–Crippen LogP) is 2.91. The Bertz CT molecular complexity index is 500. The quantitative estimate of drug-likeness (QED) is 0.880. The molecule has 0 saturated carbocycles. The van der Waals surface area contributed by atoms with Crippen molar-refractivity contribution in [2.24, 2.45) is 0 Å². The van der Waals surface area contributed by atoms with E-state index < -0.39 is 5.82 Å². The number of rotatable bonds is 2. The molecule has 3 nitrogen and oxygen atoms in total. The molecule has 2 fully saturated rings. The van der Waals surface area contributed by atoms with Crippen LogP contribution in [-0.4, -0.2) is 24.0 Å². The van der Waals surface area contributed by atoms with E-state index in [2.05, 4.69) is 10.6 Å². The summed E-state index contributed by atoms with van der Waals surface area (Å²) in [6, 6.07) is 5.61. The molecule has 20 heavy (non-hydrogen) atoms. The SMILES string of the molecule is Cl.O=C(NC1CC2CCC(C1)N2)c1cccc(Cl)c1F. The summed E-state index contributed by atoms with van der Waals surface area (Å²) in [5.41, 5.74) is 0.0263. The van der Waals surface area contributed by atoms with E-state index in [-0.39, 0.29) is 34.9 Å². The van der Waals surface area contributed by atoms with Crippen LogP contribution in [0.4, 0.5) is 4.39 Å². The highest BCUT2D eigenvalue weighted by atomic mass is 35.5. The molecule has 1 amide bonds. The van der Waals surface area contributed by atoms with Crippen LogP contribution in [0.5, 0.6) is 0 Å². The molecule has 2 heterocycles. The molecule has 1 aromatic carbocycles. The molecule has 2 bridgehead atoms. The highest BCUT2D eigenvalue weighted by Crippen LogP contribution is 2.27. The minimum Gasteiger partial charge on any atom is -0.349 e. The van der Waals surface area contributed by atoms with Crippen molar-refractivity contribution < 1.29 is 9.18 Å². The second-order valence-electron chi connectivity index (χ2n) is 5.38. The van der Waals surface area contributed by atoms with Crippen LogP contribution in [0.15, 0.2) is 18.2 Å². The maximum Gasteiger partial charge on any atom is 0.254 e. The average molecular weight is 319 g/mol. The molecule has 6 heteroatoms. The summed E-state index contributed by atoms with van der Waals surface area (Å²) in [6.45, 7) is 0. The Hall–Kier alpha value is -0.840. The Balaban J connectivity index is 0.00000147. The number of halogens is 3. The molecule has 0 aliphatic carbocycles. The van der Waals surface area contributed by atoms with Crippen LogP contribution in [0.2, 0.25) is 5.02 Å². The number of fused-ring (bicyclic) bond motifs is 2. The van der Waals surface area contributed by atoms with E-state index in [1.54, 1.807) is 6.07 Å². The van der Waals surface area contributed by atoms with Gasteiger partial charge in [0.2, 0.25) is 0 Å². The molecule has 2 N–H and O–H groups in total. The van der Waals surface area contributed by atoms with Gasteiger partial charge in [-0.15, -0.1) is 12.4 Å². The summed E-state index contributed by atoms with van der Waals surface area (Å²) >= 11 is 5.69. The summed E-state index contributed by atoms with van der Waals surface area (Å²) in [5, 5.41) is 6.42. The van der Waals surface area contributed by atoms with Crippen molar-refractivity contribution in [1.82, 2.24) is 10.6 Å². The summed E-state index contributed by atoms with van der Waals surface area (Å²) < 4.78 is 13.8. The molecule has 1 aromatic rings. The van der Waals surface area contributed by atoms with Crippen LogP contribution < -0.4 is 10.6 Å². The van der Waals surface area contributed by atoms with Crippen molar-refractivity contribution in [1.29, 1.82) is 0 Å². The van der Waals surface area contributed by atoms with Gasteiger partial charge in [-0.2, -0.15) is 0 Å². The molecule has 0 aromatic heterocycles. The number of carbonyl (C=O) groups is 1. The van der Waals surface area contributed by atoms with Crippen LogP contribution in [0.3, 0.4) is 0 Å². The van der Waals surface area contributed by atoms with Gasteiger partial charge >= 0.3 is 0 Å². The fourth-order valence-corrected chi connectivity index (χ4v) is 3.29. The minimum absolute atomic E-state index is 0. The maximum absolute atomic E-state index is 13.8. The topological polar surface area (TPSA) is 41.1 Å². The Morgan fingerprint density at radius 3 is 2.60 bits per heavy atom. The van der Waals surface area contributed by atoms with Crippen molar-refractivity contribution in [2.45, 2.75) is 43.8 Å². The Kier molecular flexibility index (Phi) is 4.89. The molecular formula is C14H17Cl2FN2O. The van der Waals surface area contributed by atoms with E-state index in [1.165, 1.54) is 25.0 Å². The van der Waals surface area contributed by atoms with Gasteiger partial charge in [0, 0.05) is 18.1 Å². The summed E-state index contributed by atoms with van der Waals surface area (Å²) in [7, 11) is 0. The van der Waals surface area contributed by atoms with E-state index in [4.69, 9.17) is 11.6 Å². The lowest BCUT2D eigenvalue weighted by Gasteiger charge is -2.29. The fourth-order valence-electron chi connectivity index (χ4n) is 3.12. The third-order valence-electron chi connectivity index (χ3n) is 4.00. The Morgan fingerprint density at radius 2 is 1.95 bits per heavy atom. The second-order valence-corrected chi connectivity index (χ2v) is 5.79. The van der Waals surface area contributed by atoms with Crippen LogP contribution >= 0.6 is 24.0 Å². The molecule has 2 unspecified atom stereocenters. The molecule has 0 radical (unpaired) electrons. The predicted molar refractivity (Wildman–Crippen MR) is 79.1 cm³/mol. The van der Waals surface area contributed by atoms with Gasteiger partial charge in [-0.3, -0.25) is 4.79 Å². The van der Waals surface area contributed by atoms with Gasteiger partial charge in [-0.25, -0.2) is 4.39 Å². The van der Waals surface area contributed by atoms with E-state index in [0.717, 1.165) is 12.8 Å². The first kappa shape index (κ1) is 15.5. The smallest absolute Gasteiger partial charge is 0.254 e. The maximum atomic E-state index is 13.8. The highest BCUT2D eigenvalue weighted by Gasteiger charge is 2.34. The second kappa shape index (κ2) is 6.29. The normalized spacial score (nSPS) is 27.8. The van der Waals surface area contributed by atoms with Gasteiger partial charge in [0.05, 0.1) is 10.6 Å². The van der Waals surface area contributed by atoms with Crippen molar-refractivity contribution in [3.05, 3.63) is 34.6 Å². The van der Waals surface area contributed by atoms with Gasteiger partial charge < -0.3 is 10.6 Å². The number of hydrogen-bond donors (Lipinski definition) is 2. The largest absolute Gasteiger partial charge is 0.349 e. The average Bonchev–Trinajstić information content (AvgIpc) is 2.72. The highest BCUT2D eigenvalue weighted by molar-refractivity contribution is 6.31. The van der Waals surface area contributed by atoms with Crippen molar-refractivity contribution >= 4 is 29.9 Å². The van der Waals surface area contributed by atoms with Crippen molar-refractivity contribution in [3.63, 3.8) is 0 Å². The molecule has 2 saturated heterocycles. The summed E-state index contributed by atoms with van der Waals surface area (Å²) in [4.78, 5) is 12.1. The molecular weight excluding hydrogens is 302 g/mol. The third kappa shape index (κ3) is 3.08. The van der Waals surface area contributed by atoms with Gasteiger partial charge in [0.25, 0.3) is 5.91 Å². The first-order chi connectivity index (χ1) is 9.13. The van der Waals surface area contributed by atoms with E-state index in [9.17, 15) is 9.18 Å². The third-order valence-corrected chi connectivity index (χ3v) is 4.30. The van der Waals surface area contributed by atoms with Crippen LogP contribution in [0, 0.1) is 5.82 Å². The standard InChI is InChI=1S/C14H16ClFN2O.ClH/c15-12-3-1-2-11(13(12)16)14(19)18-10-6-8-4-5-9(7-10)17-8;/h1-3,8-10,17H,4-7H2,(H,18,19);1H. The summed E-state index contributed by atoms with van der Waals surface area (Å²) in [6.07, 6.45) is 4.18. The zero-order chi connectivity index (χ0) is 13.4. The van der Waals surface area contributed by atoms with Crippen molar-refractivity contribution in [3.8, 4) is 0 Å². The van der Waals surface area contributed by atoms with Crippen LogP contribution in [-0.2, 0) is 0 Å². The van der Waals surface area contributed by atoms with E-state index >= 15 is 0 Å². The molecule has 2 aliphatic rings. The van der Waals surface area contributed by atoms with Crippen LogP contribution in [0.1, 0.15) is 36.0 Å². The number of benzene rings is 1. The lowest BCUT2D eigenvalue weighted by Crippen LogP contribution is -2.48. The van der Waals surface area contributed by atoms with Crippen molar-refractivity contribution in [2.75, 3.05) is 0 Å². The molecule has 3 rings (SSSR count). The minimum atomic E-state index is -0.640. The fraction of sp³-hybridized carbons (Fsp3) is 0.500. The zero-order valence-electron chi connectivity index (χ0n) is 10.9. The molecule has 0 spiro atoms. The first-order valence-electron chi connectivity index (χ1n) is 6.64. The molecule has 2 aliphatic heterocycles. The number of hydrogen-bond acceptors (Lipinski definition) is 2. The van der Waals surface area contributed by atoms with Crippen LogP contribution in [0.25, 0.3) is 0 Å². The molecule has 110 valence electrons. The van der Waals surface area contributed by atoms with Gasteiger partial charge in [-0.05, 0) is 37.8 Å². The van der Waals surface area contributed by atoms with Gasteiger partial charge in [0.1, 0.15) is 0 Å². The van der Waals surface area contributed by atoms with E-state index in [0.29, 0.717) is 12.1 Å². The summed E-state index contributed by atoms with van der Waals surface area (Å²) in [5.74, 6) is -1.01. The zero-order valence-corrected chi connectivity index (χ0v) is 12.4. The lowest BCUT2D eigenvalue weighted by atomic mass is 9.99. The first-order valence-corrected chi connectivity index (χ1v) is 7.02. The monoisotopic (exact) mass is 318 g/mol.